The molecule has 1 aromatic rings. The molecule has 0 unspecified atom stereocenters. The SMILES string of the molecule is CN1CCC(NC(=O)CCCc2cn[nH]n2)CC1. The summed E-state index contributed by atoms with van der Waals surface area (Å²) in [5.41, 5.74) is 0.919. The molecule has 6 heteroatoms. The molecule has 0 radical (unpaired) electrons. The number of hydrogen-bond donors (Lipinski definition) is 2. The summed E-state index contributed by atoms with van der Waals surface area (Å²) in [5.74, 6) is 0.160. The highest BCUT2D eigenvalue weighted by Crippen LogP contribution is 2.08. The molecule has 2 rings (SSSR count). The third-order valence-electron chi connectivity index (χ3n) is 3.39. The second-order valence-electron chi connectivity index (χ2n) is 4.96. The lowest BCUT2D eigenvalue weighted by Crippen LogP contribution is -2.43. The van der Waals surface area contributed by atoms with Gasteiger partial charge in [0.25, 0.3) is 0 Å². The highest BCUT2D eigenvalue weighted by Gasteiger charge is 2.17. The standard InChI is InChI=1S/C12H21N5O/c1-17-7-5-10(6-8-17)14-12(18)4-2-3-11-9-13-16-15-11/h9-10H,2-8H2,1H3,(H,14,18)(H,13,15,16). The minimum absolute atomic E-state index is 0.160. The van der Waals surface area contributed by atoms with Gasteiger partial charge >= 0.3 is 0 Å². The van der Waals surface area contributed by atoms with E-state index in [1.54, 1.807) is 6.20 Å². The zero-order valence-corrected chi connectivity index (χ0v) is 10.9. The highest BCUT2D eigenvalue weighted by molar-refractivity contribution is 5.76. The molecule has 0 aliphatic carbocycles. The molecule has 1 fully saturated rings. The fourth-order valence-corrected chi connectivity index (χ4v) is 2.23. The number of carbonyl (C=O) groups excluding carboxylic acids is 1. The van der Waals surface area contributed by atoms with Crippen molar-refractivity contribution in [3.8, 4) is 0 Å². The maximum atomic E-state index is 11.8. The van der Waals surface area contributed by atoms with Crippen molar-refractivity contribution >= 4 is 5.91 Å². The number of hydrogen-bond acceptors (Lipinski definition) is 4. The molecule has 0 atom stereocenters. The number of aryl methyl sites for hydroxylation is 1. The van der Waals surface area contributed by atoms with Crippen molar-refractivity contribution in [1.82, 2.24) is 25.6 Å². The predicted molar refractivity (Wildman–Crippen MR) is 68.0 cm³/mol. The normalized spacial score (nSPS) is 17.8. The van der Waals surface area contributed by atoms with Crippen LogP contribution in [0.15, 0.2) is 6.20 Å². The second-order valence-corrected chi connectivity index (χ2v) is 4.96. The number of aromatic amines is 1. The van der Waals surface area contributed by atoms with Gasteiger partial charge in [0.2, 0.25) is 5.91 Å². The van der Waals surface area contributed by atoms with Gasteiger partial charge in [0, 0.05) is 12.5 Å². The Balaban J connectivity index is 1.60. The van der Waals surface area contributed by atoms with Gasteiger partial charge in [0.15, 0.2) is 0 Å². The number of amides is 1. The molecule has 1 aromatic heterocycles. The zero-order valence-electron chi connectivity index (χ0n) is 10.9. The average molecular weight is 251 g/mol. The number of nitrogens with zero attached hydrogens (tertiary/aromatic N) is 3. The Hall–Kier alpha value is -1.43. The number of aromatic nitrogens is 3. The minimum Gasteiger partial charge on any atom is -0.353 e. The number of H-pyrrole nitrogens is 1. The average Bonchev–Trinajstić information content (AvgIpc) is 2.85. The van der Waals surface area contributed by atoms with Crippen molar-refractivity contribution in [2.24, 2.45) is 0 Å². The van der Waals surface area contributed by atoms with Crippen molar-refractivity contribution in [3.63, 3.8) is 0 Å². The first-order valence-electron chi connectivity index (χ1n) is 6.56. The van der Waals surface area contributed by atoms with Crippen LogP contribution in [0.4, 0.5) is 0 Å². The van der Waals surface area contributed by atoms with E-state index in [-0.39, 0.29) is 5.91 Å². The van der Waals surface area contributed by atoms with Gasteiger partial charge in [-0.15, -0.1) is 0 Å². The van der Waals surface area contributed by atoms with E-state index in [2.05, 4.69) is 32.7 Å². The number of rotatable bonds is 5. The second kappa shape index (κ2) is 6.49. The molecular weight excluding hydrogens is 230 g/mol. The highest BCUT2D eigenvalue weighted by atomic mass is 16.1. The van der Waals surface area contributed by atoms with E-state index in [0.29, 0.717) is 12.5 Å². The number of nitrogens with one attached hydrogen (secondary N) is 2. The summed E-state index contributed by atoms with van der Waals surface area (Å²) in [7, 11) is 2.12. The van der Waals surface area contributed by atoms with E-state index in [1.165, 1.54) is 0 Å². The molecule has 2 heterocycles. The van der Waals surface area contributed by atoms with Crippen molar-refractivity contribution in [1.29, 1.82) is 0 Å². The molecule has 1 saturated heterocycles. The molecule has 100 valence electrons. The van der Waals surface area contributed by atoms with Crippen LogP contribution in [0, 0.1) is 0 Å². The van der Waals surface area contributed by atoms with Gasteiger partial charge in [-0.3, -0.25) is 4.79 Å². The number of carbonyl (C=O) groups is 1. The lowest BCUT2D eigenvalue weighted by molar-refractivity contribution is -0.122. The van der Waals surface area contributed by atoms with Crippen molar-refractivity contribution in [2.75, 3.05) is 20.1 Å². The first-order chi connectivity index (χ1) is 8.74. The van der Waals surface area contributed by atoms with Gasteiger partial charge in [-0.1, -0.05) is 0 Å². The fourth-order valence-electron chi connectivity index (χ4n) is 2.23. The Morgan fingerprint density at radius 1 is 1.56 bits per heavy atom. The Labute approximate surface area is 107 Å². The maximum absolute atomic E-state index is 11.8. The lowest BCUT2D eigenvalue weighted by Gasteiger charge is -2.29. The van der Waals surface area contributed by atoms with Gasteiger partial charge in [-0.25, -0.2) is 0 Å². The third-order valence-corrected chi connectivity index (χ3v) is 3.39. The van der Waals surface area contributed by atoms with E-state index in [1.807, 2.05) is 0 Å². The summed E-state index contributed by atoms with van der Waals surface area (Å²) in [6, 6.07) is 0.362. The summed E-state index contributed by atoms with van der Waals surface area (Å²) in [5, 5.41) is 13.4. The Morgan fingerprint density at radius 2 is 2.33 bits per heavy atom. The molecule has 1 aliphatic heterocycles. The monoisotopic (exact) mass is 251 g/mol. The van der Waals surface area contributed by atoms with Gasteiger partial charge in [0.05, 0.1) is 11.9 Å². The van der Waals surface area contributed by atoms with E-state index in [9.17, 15) is 4.79 Å². The van der Waals surface area contributed by atoms with Gasteiger partial charge in [-0.2, -0.15) is 15.4 Å². The van der Waals surface area contributed by atoms with Crippen LogP contribution in [-0.4, -0.2) is 52.4 Å². The quantitative estimate of drug-likeness (QED) is 0.791. The molecule has 1 amide bonds. The largest absolute Gasteiger partial charge is 0.353 e. The Bertz CT molecular complexity index is 357. The van der Waals surface area contributed by atoms with Crippen LogP contribution in [0.25, 0.3) is 0 Å². The first kappa shape index (κ1) is 13.0. The fraction of sp³-hybridized carbons (Fsp3) is 0.750. The van der Waals surface area contributed by atoms with E-state index in [4.69, 9.17) is 0 Å². The van der Waals surface area contributed by atoms with E-state index in [0.717, 1.165) is 44.5 Å². The van der Waals surface area contributed by atoms with Gasteiger partial charge < -0.3 is 10.2 Å². The van der Waals surface area contributed by atoms with Crippen LogP contribution < -0.4 is 5.32 Å². The summed E-state index contributed by atoms with van der Waals surface area (Å²) >= 11 is 0. The van der Waals surface area contributed by atoms with E-state index < -0.39 is 0 Å². The molecule has 2 N–H and O–H groups in total. The summed E-state index contributed by atoms with van der Waals surface area (Å²) in [6.07, 6.45) is 6.02. The number of piperidine rings is 1. The van der Waals surface area contributed by atoms with Crippen LogP contribution >= 0.6 is 0 Å². The number of likely N-dealkylation sites (tertiary alicyclic amines) is 1. The minimum atomic E-state index is 0.160. The molecule has 0 saturated carbocycles. The maximum Gasteiger partial charge on any atom is 0.220 e. The Kier molecular flexibility index (Phi) is 4.69. The lowest BCUT2D eigenvalue weighted by atomic mass is 10.1. The van der Waals surface area contributed by atoms with Crippen LogP contribution in [0.1, 0.15) is 31.4 Å². The molecule has 0 aromatic carbocycles. The van der Waals surface area contributed by atoms with Gasteiger partial charge in [0.1, 0.15) is 0 Å². The van der Waals surface area contributed by atoms with Crippen LogP contribution in [0.2, 0.25) is 0 Å². The topological polar surface area (TPSA) is 73.9 Å². The molecular formula is C12H21N5O. The molecule has 0 bridgehead atoms. The molecule has 1 aliphatic rings. The Morgan fingerprint density at radius 3 is 3.00 bits per heavy atom. The first-order valence-corrected chi connectivity index (χ1v) is 6.56. The predicted octanol–water partition coefficient (Wildman–Crippen LogP) is 0.338. The third kappa shape index (κ3) is 4.10. The van der Waals surface area contributed by atoms with Gasteiger partial charge in [-0.05, 0) is 45.8 Å². The smallest absolute Gasteiger partial charge is 0.220 e. The van der Waals surface area contributed by atoms with E-state index >= 15 is 0 Å². The van der Waals surface area contributed by atoms with Crippen molar-refractivity contribution in [2.45, 2.75) is 38.1 Å². The molecule has 18 heavy (non-hydrogen) atoms. The van der Waals surface area contributed by atoms with Crippen molar-refractivity contribution in [3.05, 3.63) is 11.9 Å². The van der Waals surface area contributed by atoms with Crippen molar-refractivity contribution < 1.29 is 4.79 Å². The summed E-state index contributed by atoms with van der Waals surface area (Å²) in [6.45, 7) is 2.15. The molecule has 0 spiro atoms. The summed E-state index contributed by atoms with van der Waals surface area (Å²) < 4.78 is 0. The zero-order chi connectivity index (χ0) is 12.8. The van der Waals surface area contributed by atoms with Crippen LogP contribution in [0.3, 0.4) is 0 Å². The molecule has 6 nitrogen and oxygen atoms in total. The van der Waals surface area contributed by atoms with Crippen LogP contribution in [-0.2, 0) is 11.2 Å². The van der Waals surface area contributed by atoms with Crippen LogP contribution in [0.5, 0.6) is 0 Å². The summed E-state index contributed by atoms with van der Waals surface area (Å²) in [4.78, 5) is 14.1.